The fourth-order valence-corrected chi connectivity index (χ4v) is 4.39. The summed E-state index contributed by atoms with van der Waals surface area (Å²) in [6.45, 7) is 0.802. The number of amides is 2. The molecule has 0 saturated heterocycles. The van der Waals surface area contributed by atoms with Gasteiger partial charge in [-0.15, -0.1) is 0 Å². The Morgan fingerprint density at radius 2 is 1.63 bits per heavy atom. The molecule has 2 aliphatic rings. The van der Waals surface area contributed by atoms with Crippen LogP contribution in [-0.4, -0.2) is 25.5 Å². The first-order valence-corrected chi connectivity index (χ1v) is 10.9. The first kappa shape index (κ1) is 20.5. The topological polar surface area (TPSA) is 67.4 Å². The number of hydrogen-bond acceptors (Lipinski definition) is 3. The molecule has 0 spiro atoms. The molecule has 0 heterocycles. The van der Waals surface area contributed by atoms with Crippen molar-refractivity contribution in [2.24, 2.45) is 5.92 Å². The predicted molar refractivity (Wildman–Crippen MR) is 118 cm³/mol. The van der Waals surface area contributed by atoms with Gasteiger partial charge in [-0.05, 0) is 73.6 Å². The number of carbonyl (C=O) groups is 2. The lowest BCUT2D eigenvalue weighted by Crippen LogP contribution is -2.38. The maximum absolute atomic E-state index is 12.9. The van der Waals surface area contributed by atoms with E-state index in [1.807, 2.05) is 24.3 Å². The minimum absolute atomic E-state index is 0.156. The summed E-state index contributed by atoms with van der Waals surface area (Å²) in [5, 5.41) is 6.12. The van der Waals surface area contributed by atoms with Crippen LogP contribution in [0.15, 0.2) is 48.5 Å². The van der Waals surface area contributed by atoms with Gasteiger partial charge in [-0.3, -0.25) is 9.59 Å². The molecule has 0 radical (unpaired) electrons. The van der Waals surface area contributed by atoms with Crippen LogP contribution in [0.1, 0.15) is 60.9 Å². The third-order valence-corrected chi connectivity index (χ3v) is 6.51. The summed E-state index contributed by atoms with van der Waals surface area (Å²) in [5.74, 6) is 1.33. The Kier molecular flexibility index (Phi) is 6.07. The fraction of sp³-hybridized carbons (Fsp3) is 0.440. The number of benzene rings is 2. The van der Waals surface area contributed by atoms with Gasteiger partial charge in [0, 0.05) is 17.8 Å². The van der Waals surface area contributed by atoms with Gasteiger partial charge in [-0.25, -0.2) is 0 Å². The minimum atomic E-state index is -0.382. The molecule has 2 saturated carbocycles. The fourth-order valence-electron chi connectivity index (χ4n) is 4.39. The van der Waals surface area contributed by atoms with E-state index in [1.165, 1.54) is 32.1 Å². The predicted octanol–water partition coefficient (Wildman–Crippen LogP) is 4.68. The van der Waals surface area contributed by atoms with Crippen molar-refractivity contribution < 1.29 is 14.3 Å². The molecule has 0 bridgehead atoms. The summed E-state index contributed by atoms with van der Waals surface area (Å²) >= 11 is 0. The van der Waals surface area contributed by atoms with Gasteiger partial charge >= 0.3 is 0 Å². The average Bonchev–Trinajstić information content (AvgIpc) is 3.61. The smallest absolute Gasteiger partial charge is 0.255 e. The van der Waals surface area contributed by atoms with E-state index in [2.05, 4.69) is 10.6 Å². The molecule has 158 valence electrons. The van der Waals surface area contributed by atoms with Crippen LogP contribution < -0.4 is 15.4 Å². The van der Waals surface area contributed by atoms with Crippen LogP contribution in [0.4, 0.5) is 5.69 Å². The van der Waals surface area contributed by atoms with Crippen LogP contribution in [0.2, 0.25) is 0 Å². The molecule has 0 aliphatic heterocycles. The highest BCUT2D eigenvalue weighted by Crippen LogP contribution is 2.48. The van der Waals surface area contributed by atoms with Crippen molar-refractivity contribution in [3.63, 3.8) is 0 Å². The maximum Gasteiger partial charge on any atom is 0.255 e. The van der Waals surface area contributed by atoms with Gasteiger partial charge in [0.1, 0.15) is 5.75 Å². The van der Waals surface area contributed by atoms with Crippen molar-refractivity contribution in [1.29, 1.82) is 0 Å². The molecule has 2 aromatic carbocycles. The minimum Gasteiger partial charge on any atom is -0.497 e. The molecule has 30 heavy (non-hydrogen) atoms. The van der Waals surface area contributed by atoms with Crippen molar-refractivity contribution in [3.8, 4) is 5.75 Å². The SMILES string of the molecule is COc1ccc(C(=O)Nc2ccc(C3(C(=O)NCC4CCCCC4)CC3)cc2)cc1. The number of methoxy groups -OCH3 is 1. The van der Waals surface area contributed by atoms with Crippen molar-refractivity contribution in [2.75, 3.05) is 19.0 Å². The molecule has 0 unspecified atom stereocenters. The van der Waals surface area contributed by atoms with Crippen LogP contribution in [0, 0.1) is 5.92 Å². The highest BCUT2D eigenvalue weighted by atomic mass is 16.5. The quantitative estimate of drug-likeness (QED) is 0.702. The summed E-state index contributed by atoms with van der Waals surface area (Å²) in [4.78, 5) is 25.3. The summed E-state index contributed by atoms with van der Waals surface area (Å²) < 4.78 is 5.12. The third-order valence-electron chi connectivity index (χ3n) is 6.51. The number of hydrogen-bond donors (Lipinski definition) is 2. The zero-order valence-electron chi connectivity index (χ0n) is 17.6. The monoisotopic (exact) mass is 406 g/mol. The second-order valence-electron chi connectivity index (χ2n) is 8.56. The average molecular weight is 407 g/mol. The van der Waals surface area contributed by atoms with Crippen molar-refractivity contribution in [3.05, 3.63) is 59.7 Å². The third kappa shape index (κ3) is 4.50. The number of carbonyl (C=O) groups excluding carboxylic acids is 2. The zero-order valence-corrected chi connectivity index (χ0v) is 17.6. The lowest BCUT2D eigenvalue weighted by Gasteiger charge is -2.23. The molecule has 5 nitrogen and oxygen atoms in total. The van der Waals surface area contributed by atoms with Crippen molar-refractivity contribution in [2.45, 2.75) is 50.4 Å². The van der Waals surface area contributed by atoms with Crippen LogP contribution in [0.5, 0.6) is 5.75 Å². The van der Waals surface area contributed by atoms with Gasteiger partial charge in [-0.1, -0.05) is 31.4 Å². The molecule has 0 atom stereocenters. The lowest BCUT2D eigenvalue weighted by molar-refractivity contribution is -0.123. The van der Waals surface area contributed by atoms with Gasteiger partial charge in [-0.2, -0.15) is 0 Å². The second kappa shape index (κ2) is 8.90. The Balaban J connectivity index is 1.35. The highest BCUT2D eigenvalue weighted by Gasteiger charge is 2.51. The van der Waals surface area contributed by atoms with E-state index in [0.717, 1.165) is 30.6 Å². The first-order chi connectivity index (χ1) is 14.6. The largest absolute Gasteiger partial charge is 0.497 e. The lowest BCUT2D eigenvalue weighted by atomic mass is 9.88. The molecule has 2 aromatic rings. The second-order valence-corrected chi connectivity index (χ2v) is 8.56. The van der Waals surface area contributed by atoms with Gasteiger partial charge < -0.3 is 15.4 Å². The van der Waals surface area contributed by atoms with E-state index in [4.69, 9.17) is 4.74 Å². The van der Waals surface area contributed by atoms with E-state index < -0.39 is 0 Å². The molecule has 0 aromatic heterocycles. The van der Waals surface area contributed by atoms with E-state index in [9.17, 15) is 9.59 Å². The number of ether oxygens (including phenoxy) is 1. The summed E-state index contributed by atoms with van der Waals surface area (Å²) in [7, 11) is 1.60. The summed E-state index contributed by atoms with van der Waals surface area (Å²) in [5.41, 5.74) is 1.94. The summed E-state index contributed by atoms with van der Waals surface area (Å²) in [6, 6.07) is 14.7. The number of rotatable bonds is 7. The van der Waals surface area contributed by atoms with Gasteiger partial charge in [0.25, 0.3) is 5.91 Å². The zero-order chi connectivity index (χ0) is 21.0. The van der Waals surface area contributed by atoms with E-state index in [1.54, 1.807) is 31.4 Å². The highest BCUT2D eigenvalue weighted by molar-refractivity contribution is 6.04. The van der Waals surface area contributed by atoms with Gasteiger partial charge in [0.2, 0.25) is 5.91 Å². The van der Waals surface area contributed by atoms with Crippen LogP contribution >= 0.6 is 0 Å². The molecular weight excluding hydrogens is 376 g/mol. The van der Waals surface area contributed by atoms with Crippen LogP contribution in [0.3, 0.4) is 0 Å². The molecular formula is C25H30N2O3. The number of anilines is 1. The van der Waals surface area contributed by atoms with E-state index in [-0.39, 0.29) is 17.2 Å². The molecule has 2 aliphatic carbocycles. The summed E-state index contributed by atoms with van der Waals surface area (Å²) in [6.07, 6.45) is 8.15. The van der Waals surface area contributed by atoms with Gasteiger partial charge in [0.05, 0.1) is 12.5 Å². The van der Waals surface area contributed by atoms with Crippen molar-refractivity contribution >= 4 is 17.5 Å². The van der Waals surface area contributed by atoms with Crippen LogP contribution in [0.25, 0.3) is 0 Å². The van der Waals surface area contributed by atoms with E-state index in [0.29, 0.717) is 17.2 Å². The first-order valence-electron chi connectivity index (χ1n) is 10.9. The molecule has 5 heteroatoms. The molecule has 2 amide bonds. The Morgan fingerprint density at radius 1 is 0.967 bits per heavy atom. The number of nitrogens with one attached hydrogen (secondary N) is 2. The Bertz CT molecular complexity index is 880. The molecule has 4 rings (SSSR count). The standard InChI is InChI=1S/C25H30N2O3/c1-30-22-13-7-19(8-14-22)23(28)27-21-11-9-20(10-12-21)25(15-16-25)24(29)26-17-18-5-3-2-4-6-18/h7-14,18H,2-6,15-17H2,1H3,(H,26,29)(H,27,28). The Morgan fingerprint density at radius 3 is 2.23 bits per heavy atom. The van der Waals surface area contributed by atoms with Crippen LogP contribution in [-0.2, 0) is 10.2 Å². The Labute approximate surface area is 178 Å². The van der Waals surface area contributed by atoms with E-state index >= 15 is 0 Å². The van der Waals surface area contributed by atoms with Gasteiger partial charge in [0.15, 0.2) is 0 Å². The molecule has 2 fully saturated rings. The normalized spacial score (nSPS) is 17.8. The van der Waals surface area contributed by atoms with Crippen molar-refractivity contribution in [1.82, 2.24) is 5.32 Å². The molecule has 2 N–H and O–H groups in total. The Hall–Kier alpha value is -2.82. The maximum atomic E-state index is 12.9.